The maximum Gasteiger partial charge on any atom is 0.254 e. The summed E-state index contributed by atoms with van der Waals surface area (Å²) < 4.78 is 39.2. The number of aliphatic hydroxyl groups is 1. The maximum atomic E-state index is 14.6. The van der Waals surface area contributed by atoms with E-state index in [0.717, 1.165) is 76.2 Å². The average molecular weight is 1350 g/mol. The lowest BCUT2D eigenvalue weighted by Gasteiger charge is -2.35. The van der Waals surface area contributed by atoms with Crippen LogP contribution in [0.4, 0.5) is 5.69 Å². The smallest absolute Gasteiger partial charge is 0.254 e. The third kappa shape index (κ3) is 18.4. The van der Waals surface area contributed by atoms with Gasteiger partial charge in [-0.05, 0) is 108 Å². The van der Waals surface area contributed by atoms with E-state index in [-0.39, 0.29) is 85.5 Å². The van der Waals surface area contributed by atoms with Crippen molar-refractivity contribution in [3.8, 4) is 22.5 Å². The van der Waals surface area contributed by atoms with E-state index in [1.165, 1.54) is 8.99 Å². The number of carbonyl (C=O) groups excluding carboxylic acids is 6. The molecule has 5 aromatic carbocycles. The van der Waals surface area contributed by atoms with Gasteiger partial charge in [-0.1, -0.05) is 116 Å². The molecular weight excluding hydrogens is 1260 g/mol. The number of aliphatic hydroxyl groups excluding tert-OH is 1. The standard InChI is InChI=1S/C76H93N11O10S/c1-9-82(10-2)59-32-36-64-68(46-59)97-69-47-60(83(11-3)12-4)33-37-65(69)73(64)62-23-18-19-24-63(62)76(94)85-43-41-84(42-44-85)72(91)39-38-70(89)77-40-20-14-17-25-71(90)79-66(45-55-28-30-57(31-29-55)74(92)56-21-15-13-16-22-56)75(93)78-48-58-50-87(81-80-58)54(8)67(88)51-86(49-52(5)6)98(95,96)61-34-26-53(7)27-35-61/h13,15-16,18-19,21-24,26-37,46-47,50,52,54,66-67,88H,9-12,14,17,20,25,38-45,48-49,51H2,1-8H3,(H2-,77,78,79,89,90,93)/p+1/t54-,66-,67?/m0/s1. The molecule has 4 N–H and O–H groups in total. The molecule has 6 aromatic rings. The van der Waals surface area contributed by atoms with Crippen LogP contribution in [0.15, 0.2) is 155 Å². The first-order valence-corrected chi connectivity index (χ1v) is 35.8. The van der Waals surface area contributed by atoms with Gasteiger partial charge in [-0.15, -0.1) is 5.10 Å². The summed E-state index contributed by atoms with van der Waals surface area (Å²) in [6.07, 6.45) is 2.26. The molecule has 22 heteroatoms. The maximum absolute atomic E-state index is 14.6. The molecule has 1 unspecified atom stereocenters. The van der Waals surface area contributed by atoms with Gasteiger partial charge in [-0.25, -0.2) is 17.7 Å². The zero-order valence-electron chi connectivity index (χ0n) is 57.7. The average Bonchev–Trinajstić information content (AvgIpc) is 0.747. The molecule has 9 rings (SSSR count). The first-order chi connectivity index (χ1) is 47.2. The summed E-state index contributed by atoms with van der Waals surface area (Å²) in [6, 6.07) is 40.9. The van der Waals surface area contributed by atoms with Crippen LogP contribution in [-0.2, 0) is 42.2 Å². The van der Waals surface area contributed by atoms with Gasteiger partial charge in [0.25, 0.3) is 5.91 Å². The Bertz CT molecular complexity index is 4210. The Labute approximate surface area is 575 Å². The van der Waals surface area contributed by atoms with E-state index in [0.29, 0.717) is 79.9 Å². The molecule has 98 heavy (non-hydrogen) atoms. The number of aromatic nitrogens is 3. The molecule has 1 fully saturated rings. The number of aryl methyl sites for hydroxylation is 1. The highest BCUT2D eigenvalue weighted by Gasteiger charge is 2.32. The Morgan fingerprint density at radius 1 is 0.694 bits per heavy atom. The molecule has 3 aliphatic rings. The molecule has 0 saturated carbocycles. The predicted octanol–water partition coefficient (Wildman–Crippen LogP) is 9.05. The second kappa shape index (κ2) is 34.2. The lowest BCUT2D eigenvalue weighted by atomic mass is 9.90. The van der Waals surface area contributed by atoms with Crippen molar-refractivity contribution in [1.29, 1.82) is 0 Å². The molecule has 3 atom stereocenters. The number of rotatable bonds is 32. The van der Waals surface area contributed by atoms with Crippen molar-refractivity contribution in [3.63, 3.8) is 0 Å². The van der Waals surface area contributed by atoms with Gasteiger partial charge in [0.1, 0.15) is 36.2 Å². The minimum Gasteiger partial charge on any atom is -0.456 e. The highest BCUT2D eigenvalue weighted by atomic mass is 32.2. The number of carbonyl (C=O) groups is 6. The van der Waals surface area contributed by atoms with Gasteiger partial charge in [-0.3, -0.25) is 28.8 Å². The summed E-state index contributed by atoms with van der Waals surface area (Å²) in [5.41, 5.74) is 7.95. The Hall–Kier alpha value is -9.38. The van der Waals surface area contributed by atoms with E-state index in [1.807, 2.05) is 51.1 Å². The minimum absolute atomic E-state index is 0.00306. The van der Waals surface area contributed by atoms with Crippen LogP contribution in [0.25, 0.3) is 33.4 Å². The quantitative estimate of drug-likeness (QED) is 0.0133. The molecule has 1 aromatic heterocycles. The highest BCUT2D eigenvalue weighted by Crippen LogP contribution is 2.42. The Balaban J connectivity index is 0.744. The highest BCUT2D eigenvalue weighted by molar-refractivity contribution is 7.89. The summed E-state index contributed by atoms with van der Waals surface area (Å²) in [5, 5.41) is 30.5. The third-order valence-corrected chi connectivity index (χ3v) is 20.0. The van der Waals surface area contributed by atoms with E-state index in [9.17, 15) is 42.3 Å². The normalized spacial score (nSPS) is 13.5. The number of hydrogen-bond acceptors (Lipinski definition) is 13. The number of fused-ring (bicyclic) bond motifs is 2. The fourth-order valence-corrected chi connectivity index (χ4v) is 14.1. The van der Waals surface area contributed by atoms with Crippen LogP contribution in [0.3, 0.4) is 0 Å². The molecule has 0 bridgehead atoms. The van der Waals surface area contributed by atoms with Gasteiger partial charge in [0.2, 0.25) is 39.0 Å². The van der Waals surface area contributed by atoms with Gasteiger partial charge in [-0.2, -0.15) is 4.31 Å². The summed E-state index contributed by atoms with van der Waals surface area (Å²) >= 11 is 0. The summed E-state index contributed by atoms with van der Waals surface area (Å²) in [6.45, 7) is 20.9. The fraction of sp³-hybridized carbons (Fsp3) is 0.408. The predicted molar refractivity (Wildman–Crippen MR) is 381 cm³/mol. The van der Waals surface area contributed by atoms with Gasteiger partial charge in [0.05, 0.1) is 35.8 Å². The van der Waals surface area contributed by atoms with E-state index in [4.69, 9.17) is 4.42 Å². The van der Waals surface area contributed by atoms with Gasteiger partial charge >= 0.3 is 0 Å². The summed E-state index contributed by atoms with van der Waals surface area (Å²) in [7, 11) is -3.93. The molecule has 5 amide bonds. The van der Waals surface area contributed by atoms with E-state index < -0.39 is 34.1 Å². The fourth-order valence-electron chi connectivity index (χ4n) is 12.5. The topological polar surface area (TPSA) is 253 Å². The summed E-state index contributed by atoms with van der Waals surface area (Å²) in [4.78, 5) is 87.9. The molecule has 3 heterocycles. The Morgan fingerprint density at radius 2 is 1.38 bits per heavy atom. The van der Waals surface area contributed by atoms with E-state index >= 15 is 0 Å². The van der Waals surface area contributed by atoms with Crippen LogP contribution in [0, 0.1) is 12.8 Å². The second-order valence-electron chi connectivity index (χ2n) is 25.5. The third-order valence-electron chi connectivity index (χ3n) is 18.2. The largest absolute Gasteiger partial charge is 0.456 e. The lowest BCUT2D eigenvalue weighted by molar-refractivity contribution is -0.134. The molecule has 518 valence electrons. The second-order valence-corrected chi connectivity index (χ2v) is 27.5. The number of benzene rings is 6. The van der Waals surface area contributed by atoms with Crippen molar-refractivity contribution < 1.29 is 46.7 Å². The zero-order chi connectivity index (χ0) is 70.0. The molecule has 2 aliphatic heterocycles. The number of amides is 5. The first kappa shape index (κ1) is 72.9. The summed E-state index contributed by atoms with van der Waals surface area (Å²) in [5.74, 6) is -0.852. The Morgan fingerprint density at radius 3 is 2.07 bits per heavy atom. The number of piperazine rings is 1. The van der Waals surface area contributed by atoms with E-state index in [1.54, 1.807) is 95.7 Å². The molecule has 21 nitrogen and oxygen atoms in total. The van der Waals surface area contributed by atoms with Gasteiger partial charge < -0.3 is 40.2 Å². The molecule has 0 radical (unpaired) electrons. The molecule has 0 spiro atoms. The van der Waals surface area contributed by atoms with Crippen molar-refractivity contribution in [1.82, 2.24) is 49.6 Å². The lowest BCUT2D eigenvalue weighted by Crippen LogP contribution is -2.50. The van der Waals surface area contributed by atoms with Crippen LogP contribution in [0.5, 0.6) is 0 Å². The van der Waals surface area contributed by atoms with Crippen molar-refractivity contribution in [2.75, 3.05) is 76.9 Å². The number of nitrogens with zero attached hydrogens (tertiary/aromatic N) is 8. The minimum atomic E-state index is -3.93. The van der Waals surface area contributed by atoms with Crippen LogP contribution >= 0.6 is 0 Å². The van der Waals surface area contributed by atoms with Gasteiger partial charge in [0, 0.05) is 136 Å². The first-order valence-electron chi connectivity index (χ1n) is 34.4. The van der Waals surface area contributed by atoms with Crippen LogP contribution in [0.1, 0.15) is 136 Å². The van der Waals surface area contributed by atoms with Crippen molar-refractivity contribution >= 4 is 62.0 Å². The number of unbranched alkanes of at least 4 members (excludes halogenated alkanes) is 2. The van der Waals surface area contributed by atoms with Crippen LogP contribution < -0.4 is 30.8 Å². The number of hydrogen-bond donors (Lipinski definition) is 4. The molecular formula is C76H94N11O10S+. The van der Waals surface area contributed by atoms with Crippen molar-refractivity contribution in [2.45, 2.75) is 130 Å². The monoisotopic (exact) mass is 1350 g/mol. The number of sulfonamides is 1. The van der Waals surface area contributed by atoms with Crippen LogP contribution in [-0.4, -0.2) is 162 Å². The number of nitrogens with one attached hydrogen (secondary N) is 3. The SMILES string of the molecule is CCN(CC)c1ccc2c(-c3ccccc3C(=O)N3CCN(C(=O)CCC(=O)NCCCCCC(=O)N[C@@H](Cc4ccc(C(=O)c5ccccc5)cc4)C(=O)NCc4cn([C@@H](C)C(O)CN(CC(C)C)S(=O)(=O)c5ccc(C)cc5)nn4)CC3)c3ccc(=[N+](CC)CC)cc-3oc2c1. The molecule has 1 aliphatic carbocycles. The van der Waals surface area contributed by atoms with E-state index in [2.05, 4.69) is 99.8 Å². The number of anilines is 1. The van der Waals surface area contributed by atoms with Crippen LogP contribution in [0.2, 0.25) is 0 Å². The number of ketones is 1. The van der Waals surface area contributed by atoms with Crippen molar-refractivity contribution in [3.05, 3.63) is 185 Å². The Kier molecular flexibility index (Phi) is 25.4. The van der Waals surface area contributed by atoms with Gasteiger partial charge in [0.15, 0.2) is 5.78 Å². The zero-order valence-corrected chi connectivity index (χ0v) is 58.5. The van der Waals surface area contributed by atoms with Crippen molar-refractivity contribution in [2.24, 2.45) is 5.92 Å². The molecule has 1 saturated heterocycles.